The highest BCUT2D eigenvalue weighted by atomic mass is 32.1. The number of hydrogen-bond acceptors (Lipinski definition) is 3. The van der Waals surface area contributed by atoms with E-state index < -0.39 is 8.56 Å². The van der Waals surface area contributed by atoms with Crippen molar-refractivity contribution in [2.75, 3.05) is 13.2 Å². The van der Waals surface area contributed by atoms with Gasteiger partial charge in [-0.05, 0) is 32.9 Å². The Bertz CT molecular complexity index is 169. The first kappa shape index (κ1) is 14.2. The lowest BCUT2D eigenvalue weighted by Gasteiger charge is -2.25. The molecule has 5 heteroatoms. The van der Waals surface area contributed by atoms with Gasteiger partial charge in [-0.25, -0.2) is 0 Å². The molecule has 0 aromatic rings. The second kappa shape index (κ2) is 7.45. The van der Waals surface area contributed by atoms with Crippen molar-refractivity contribution in [1.29, 1.82) is 0 Å². The van der Waals surface area contributed by atoms with E-state index in [1.54, 1.807) is 0 Å². The van der Waals surface area contributed by atoms with Crippen molar-refractivity contribution in [1.82, 2.24) is 0 Å². The van der Waals surface area contributed by atoms with Gasteiger partial charge in [0, 0.05) is 19.6 Å². The molecule has 0 spiro atoms. The molecule has 0 amide bonds. The average Bonchev–Trinajstić information content (AvgIpc) is 2.03. The fourth-order valence-electron chi connectivity index (χ4n) is 1.36. The first-order chi connectivity index (χ1) is 6.54. The average molecular weight is 236 g/mol. The molecule has 0 heterocycles. The van der Waals surface area contributed by atoms with E-state index in [0.717, 1.165) is 12.5 Å². The summed E-state index contributed by atoms with van der Waals surface area (Å²) in [5.74, 6) is 0. The molecule has 0 N–H and O–H groups in total. The molecule has 0 saturated carbocycles. The number of carbonyl (C=O) groups excluding carboxylic acids is 1. The summed E-state index contributed by atoms with van der Waals surface area (Å²) in [6.45, 7) is 7.33. The molecule has 0 fully saturated rings. The van der Waals surface area contributed by atoms with Crippen molar-refractivity contribution < 1.29 is 13.6 Å². The molecule has 0 aliphatic rings. The molecule has 0 unspecified atom stereocenters. The Morgan fingerprint density at radius 3 is 2.14 bits per heavy atom. The number of rotatable bonds is 8. The first-order valence-corrected chi connectivity index (χ1v) is 8.01. The minimum Gasteiger partial charge on any atom is -0.395 e. The molecule has 0 radical (unpaired) electrons. The van der Waals surface area contributed by atoms with Crippen LogP contribution in [0.3, 0.4) is 0 Å². The summed E-state index contributed by atoms with van der Waals surface area (Å²) < 4.78 is 11.3. The highest BCUT2D eigenvalue weighted by Crippen LogP contribution is 2.17. The molecule has 3 nitrogen and oxygen atoms in total. The smallest absolute Gasteiger partial charge is 0.334 e. The van der Waals surface area contributed by atoms with Crippen molar-refractivity contribution in [3.63, 3.8) is 0 Å². The van der Waals surface area contributed by atoms with E-state index >= 15 is 0 Å². The fraction of sp³-hybridized carbons (Fsp3) is 0.889. The van der Waals surface area contributed by atoms with Gasteiger partial charge in [0.15, 0.2) is 5.12 Å². The second-order valence-electron chi connectivity index (χ2n) is 3.25. The Morgan fingerprint density at radius 1 is 1.29 bits per heavy atom. The van der Waals surface area contributed by atoms with Gasteiger partial charge in [-0.15, -0.1) is 12.6 Å². The minimum atomic E-state index is -2.00. The third-order valence-electron chi connectivity index (χ3n) is 1.92. The lowest BCUT2D eigenvalue weighted by molar-refractivity contribution is -0.110. The quantitative estimate of drug-likeness (QED) is 0.519. The largest absolute Gasteiger partial charge is 0.395 e. The Hall–Kier alpha value is 0.157. The van der Waals surface area contributed by atoms with Crippen molar-refractivity contribution in [2.24, 2.45) is 0 Å². The number of thiol groups is 1. The highest BCUT2D eigenvalue weighted by Gasteiger charge is 2.29. The number of carbonyl (C=O) groups is 1. The van der Waals surface area contributed by atoms with Crippen molar-refractivity contribution >= 4 is 26.3 Å². The van der Waals surface area contributed by atoms with Crippen LogP contribution in [0.1, 0.15) is 26.7 Å². The Morgan fingerprint density at radius 2 is 1.79 bits per heavy atom. The van der Waals surface area contributed by atoms with Crippen LogP contribution in [-0.4, -0.2) is 26.9 Å². The molecule has 0 aliphatic carbocycles. The third-order valence-corrected chi connectivity index (χ3v) is 5.20. The summed E-state index contributed by atoms with van der Waals surface area (Å²) in [6.07, 6.45) is 1.32. The predicted molar refractivity (Wildman–Crippen MR) is 62.9 cm³/mol. The highest BCUT2D eigenvalue weighted by molar-refractivity contribution is 7.96. The molecule has 0 aromatic heterocycles. The van der Waals surface area contributed by atoms with Crippen LogP contribution in [0.25, 0.3) is 0 Å². The summed E-state index contributed by atoms with van der Waals surface area (Å²) in [7, 11) is -2.00. The van der Waals surface area contributed by atoms with Crippen LogP contribution < -0.4 is 0 Å². The molecule has 84 valence electrons. The molecule has 0 aromatic carbocycles. The van der Waals surface area contributed by atoms with Gasteiger partial charge in [-0.1, -0.05) is 0 Å². The van der Waals surface area contributed by atoms with E-state index in [-0.39, 0.29) is 5.12 Å². The van der Waals surface area contributed by atoms with E-state index in [9.17, 15) is 4.79 Å². The van der Waals surface area contributed by atoms with Crippen LogP contribution in [0, 0.1) is 0 Å². The van der Waals surface area contributed by atoms with Gasteiger partial charge in [0.1, 0.15) is 0 Å². The SMILES string of the molecule is CCO[Si](C)(CCCC(=O)S)OCC. The monoisotopic (exact) mass is 236 g/mol. The van der Waals surface area contributed by atoms with Crippen LogP contribution in [0.4, 0.5) is 0 Å². The zero-order valence-corrected chi connectivity index (χ0v) is 11.1. The Kier molecular flexibility index (Phi) is 7.53. The molecular formula is C9H20O3SSi. The predicted octanol–water partition coefficient (Wildman–Crippen LogP) is 2.37. The zero-order valence-electron chi connectivity index (χ0n) is 9.21. The Balaban J connectivity index is 3.88. The molecule has 14 heavy (non-hydrogen) atoms. The fourth-order valence-corrected chi connectivity index (χ4v) is 3.93. The lowest BCUT2D eigenvalue weighted by atomic mass is 10.4. The summed E-state index contributed by atoms with van der Waals surface area (Å²) in [4.78, 5) is 10.6. The molecule has 0 rings (SSSR count). The van der Waals surface area contributed by atoms with E-state index in [0.29, 0.717) is 19.6 Å². The van der Waals surface area contributed by atoms with Gasteiger partial charge in [0.25, 0.3) is 0 Å². The standard InChI is InChI=1S/C9H20O3SSi/c1-4-11-14(3,12-5-2)8-6-7-9(10)13/h4-8H2,1-3H3,(H,10,13). The van der Waals surface area contributed by atoms with E-state index in [2.05, 4.69) is 12.6 Å². The molecule has 0 atom stereocenters. The molecular weight excluding hydrogens is 216 g/mol. The topological polar surface area (TPSA) is 35.5 Å². The second-order valence-corrected chi connectivity index (χ2v) is 7.09. The van der Waals surface area contributed by atoms with Gasteiger partial charge in [0.2, 0.25) is 0 Å². The zero-order chi connectivity index (χ0) is 11.0. The van der Waals surface area contributed by atoms with Crippen LogP contribution >= 0.6 is 12.6 Å². The molecule has 0 aliphatic heterocycles. The van der Waals surface area contributed by atoms with Crippen molar-refractivity contribution in [3.05, 3.63) is 0 Å². The summed E-state index contributed by atoms with van der Waals surface area (Å²) in [5.41, 5.74) is 0. The lowest BCUT2D eigenvalue weighted by Crippen LogP contribution is -2.38. The maximum atomic E-state index is 10.6. The van der Waals surface area contributed by atoms with Crippen LogP contribution in [-0.2, 0) is 13.6 Å². The van der Waals surface area contributed by atoms with E-state index in [1.807, 2.05) is 20.4 Å². The van der Waals surface area contributed by atoms with Crippen molar-refractivity contribution in [3.8, 4) is 0 Å². The maximum Gasteiger partial charge on any atom is 0.334 e. The van der Waals surface area contributed by atoms with Crippen LogP contribution in [0.5, 0.6) is 0 Å². The molecule has 0 saturated heterocycles. The molecule has 0 bridgehead atoms. The van der Waals surface area contributed by atoms with Crippen LogP contribution in [0.2, 0.25) is 12.6 Å². The first-order valence-electron chi connectivity index (χ1n) is 5.03. The third kappa shape index (κ3) is 6.59. The van der Waals surface area contributed by atoms with Gasteiger partial charge >= 0.3 is 8.56 Å². The van der Waals surface area contributed by atoms with Crippen LogP contribution in [0.15, 0.2) is 0 Å². The summed E-state index contributed by atoms with van der Waals surface area (Å²) in [5, 5.41) is -0.0608. The summed E-state index contributed by atoms with van der Waals surface area (Å²) >= 11 is 3.73. The van der Waals surface area contributed by atoms with Gasteiger partial charge in [-0.3, -0.25) is 4.79 Å². The maximum absolute atomic E-state index is 10.6. The Labute approximate surface area is 92.8 Å². The normalized spacial score (nSPS) is 11.7. The van der Waals surface area contributed by atoms with Crippen molar-refractivity contribution in [2.45, 2.75) is 39.3 Å². The van der Waals surface area contributed by atoms with Gasteiger partial charge in [0.05, 0.1) is 0 Å². The van der Waals surface area contributed by atoms with E-state index in [4.69, 9.17) is 8.85 Å². The van der Waals surface area contributed by atoms with Gasteiger partial charge < -0.3 is 8.85 Å². The summed E-state index contributed by atoms with van der Waals surface area (Å²) in [6, 6.07) is 0.862. The van der Waals surface area contributed by atoms with E-state index in [1.165, 1.54) is 0 Å². The number of hydrogen-bond donors (Lipinski definition) is 1. The van der Waals surface area contributed by atoms with Gasteiger partial charge in [-0.2, -0.15) is 0 Å². The minimum absolute atomic E-state index is 0.0608.